The van der Waals surface area contributed by atoms with Crippen molar-refractivity contribution in [1.29, 1.82) is 0 Å². The highest BCUT2D eigenvalue weighted by molar-refractivity contribution is 7.99. The third-order valence-electron chi connectivity index (χ3n) is 2.20. The first-order chi connectivity index (χ1) is 6.53. The third kappa shape index (κ3) is 3.72. The zero-order valence-corrected chi connectivity index (χ0v) is 10.0. The van der Waals surface area contributed by atoms with Gasteiger partial charge in [0.05, 0.1) is 0 Å². The topological polar surface area (TPSA) is 26.0 Å². The molecule has 1 rings (SSSR count). The molecule has 0 unspecified atom stereocenters. The summed E-state index contributed by atoms with van der Waals surface area (Å²) in [4.78, 5) is 1.33. The first-order valence-electron chi connectivity index (χ1n) is 4.93. The summed E-state index contributed by atoms with van der Waals surface area (Å²) in [5.41, 5.74) is 7.23. The van der Waals surface area contributed by atoms with E-state index in [1.165, 1.54) is 10.5 Å². The van der Waals surface area contributed by atoms with Crippen molar-refractivity contribution in [1.82, 2.24) is 0 Å². The summed E-state index contributed by atoms with van der Waals surface area (Å²) in [6.45, 7) is 7.26. The molecule has 0 fully saturated rings. The predicted octanol–water partition coefficient (Wildman–Crippen LogP) is 3.07. The molecule has 0 amide bonds. The molecule has 0 radical (unpaired) electrons. The Morgan fingerprint density at radius 3 is 2.29 bits per heavy atom. The number of benzene rings is 1. The number of aryl methyl sites for hydroxylation is 1. The number of nitrogens with two attached hydrogens (primary N) is 1. The summed E-state index contributed by atoms with van der Waals surface area (Å²) in [6, 6.07) is 8.65. The van der Waals surface area contributed by atoms with Gasteiger partial charge in [-0.3, -0.25) is 0 Å². The molecule has 78 valence electrons. The van der Waals surface area contributed by atoms with Crippen LogP contribution in [-0.2, 0) is 0 Å². The van der Waals surface area contributed by atoms with E-state index in [0.29, 0.717) is 0 Å². The SMILES string of the molecule is Cc1ccc(SCC(C)(C)CN)cc1. The Morgan fingerprint density at radius 2 is 1.79 bits per heavy atom. The highest BCUT2D eigenvalue weighted by atomic mass is 32.2. The van der Waals surface area contributed by atoms with Crippen molar-refractivity contribution in [2.75, 3.05) is 12.3 Å². The Kier molecular flexibility index (Phi) is 4.02. The maximum Gasteiger partial charge on any atom is 0.00723 e. The van der Waals surface area contributed by atoms with E-state index in [1.807, 2.05) is 11.8 Å². The number of hydrogen-bond acceptors (Lipinski definition) is 2. The molecule has 1 nitrogen and oxygen atoms in total. The van der Waals surface area contributed by atoms with E-state index in [-0.39, 0.29) is 5.41 Å². The Hall–Kier alpha value is -0.470. The van der Waals surface area contributed by atoms with Gasteiger partial charge >= 0.3 is 0 Å². The first-order valence-corrected chi connectivity index (χ1v) is 5.92. The van der Waals surface area contributed by atoms with E-state index in [1.54, 1.807) is 0 Å². The van der Waals surface area contributed by atoms with Crippen molar-refractivity contribution >= 4 is 11.8 Å². The molecule has 0 spiro atoms. The van der Waals surface area contributed by atoms with Gasteiger partial charge in [0.15, 0.2) is 0 Å². The zero-order valence-electron chi connectivity index (χ0n) is 9.21. The summed E-state index contributed by atoms with van der Waals surface area (Å²) >= 11 is 1.88. The van der Waals surface area contributed by atoms with E-state index >= 15 is 0 Å². The molecular formula is C12H19NS. The molecule has 0 aromatic heterocycles. The molecular weight excluding hydrogens is 190 g/mol. The highest BCUT2D eigenvalue weighted by Gasteiger charge is 2.15. The molecule has 0 saturated heterocycles. The van der Waals surface area contributed by atoms with E-state index in [0.717, 1.165) is 12.3 Å². The minimum absolute atomic E-state index is 0.232. The van der Waals surface area contributed by atoms with Gasteiger partial charge in [0.1, 0.15) is 0 Å². The molecule has 2 heteroatoms. The van der Waals surface area contributed by atoms with Crippen LogP contribution in [-0.4, -0.2) is 12.3 Å². The van der Waals surface area contributed by atoms with Gasteiger partial charge in [-0.2, -0.15) is 0 Å². The largest absolute Gasteiger partial charge is 0.330 e. The van der Waals surface area contributed by atoms with Crippen molar-refractivity contribution in [3.05, 3.63) is 29.8 Å². The molecule has 0 atom stereocenters. The lowest BCUT2D eigenvalue weighted by Crippen LogP contribution is -2.25. The predicted molar refractivity (Wildman–Crippen MR) is 64.7 cm³/mol. The first kappa shape index (κ1) is 11.6. The minimum atomic E-state index is 0.232. The molecule has 0 heterocycles. The fraction of sp³-hybridized carbons (Fsp3) is 0.500. The highest BCUT2D eigenvalue weighted by Crippen LogP contribution is 2.26. The van der Waals surface area contributed by atoms with Crippen LogP contribution in [0.1, 0.15) is 19.4 Å². The maximum atomic E-state index is 5.68. The second-order valence-electron chi connectivity index (χ2n) is 4.47. The molecule has 0 saturated carbocycles. The van der Waals surface area contributed by atoms with Crippen LogP contribution in [0.15, 0.2) is 29.2 Å². The number of hydrogen-bond donors (Lipinski definition) is 1. The summed E-state index contributed by atoms with van der Waals surface area (Å²) in [6.07, 6.45) is 0. The van der Waals surface area contributed by atoms with Crippen LogP contribution < -0.4 is 5.73 Å². The van der Waals surface area contributed by atoms with Crippen molar-refractivity contribution in [3.8, 4) is 0 Å². The monoisotopic (exact) mass is 209 g/mol. The molecule has 0 bridgehead atoms. The van der Waals surface area contributed by atoms with Gasteiger partial charge in [0, 0.05) is 10.6 Å². The molecule has 0 aliphatic carbocycles. The fourth-order valence-electron chi connectivity index (χ4n) is 0.972. The van der Waals surface area contributed by atoms with E-state index in [4.69, 9.17) is 5.73 Å². The van der Waals surface area contributed by atoms with Crippen LogP contribution in [0.3, 0.4) is 0 Å². The van der Waals surface area contributed by atoms with Gasteiger partial charge in [-0.25, -0.2) is 0 Å². The lowest BCUT2D eigenvalue weighted by Gasteiger charge is -2.21. The zero-order chi connectivity index (χ0) is 10.6. The molecule has 14 heavy (non-hydrogen) atoms. The van der Waals surface area contributed by atoms with Crippen LogP contribution in [0.5, 0.6) is 0 Å². The summed E-state index contributed by atoms with van der Waals surface area (Å²) in [5.74, 6) is 1.08. The van der Waals surface area contributed by atoms with Gasteiger partial charge in [-0.15, -0.1) is 11.8 Å². The Bertz CT molecular complexity index is 277. The van der Waals surface area contributed by atoms with Gasteiger partial charge in [0.25, 0.3) is 0 Å². The van der Waals surface area contributed by atoms with Crippen LogP contribution in [0.2, 0.25) is 0 Å². The second-order valence-corrected chi connectivity index (χ2v) is 5.52. The van der Waals surface area contributed by atoms with Crippen LogP contribution >= 0.6 is 11.8 Å². The van der Waals surface area contributed by atoms with E-state index in [9.17, 15) is 0 Å². The van der Waals surface area contributed by atoms with Gasteiger partial charge in [0.2, 0.25) is 0 Å². The van der Waals surface area contributed by atoms with Crippen LogP contribution in [0, 0.1) is 12.3 Å². The molecule has 1 aromatic carbocycles. The molecule has 2 N–H and O–H groups in total. The lowest BCUT2D eigenvalue weighted by molar-refractivity contribution is 0.438. The summed E-state index contributed by atoms with van der Waals surface area (Å²) < 4.78 is 0. The smallest absolute Gasteiger partial charge is 0.00723 e. The standard InChI is InChI=1S/C12H19NS/c1-10-4-6-11(7-5-10)14-9-12(2,3)8-13/h4-7H,8-9,13H2,1-3H3. The van der Waals surface area contributed by atoms with Crippen molar-refractivity contribution < 1.29 is 0 Å². The van der Waals surface area contributed by atoms with Crippen molar-refractivity contribution in [2.45, 2.75) is 25.7 Å². The third-order valence-corrected chi connectivity index (χ3v) is 3.73. The molecule has 0 aliphatic heterocycles. The quantitative estimate of drug-likeness (QED) is 0.771. The Labute approximate surface area is 91.1 Å². The van der Waals surface area contributed by atoms with E-state index < -0.39 is 0 Å². The van der Waals surface area contributed by atoms with Gasteiger partial charge < -0.3 is 5.73 Å². The lowest BCUT2D eigenvalue weighted by atomic mass is 9.97. The number of thioether (sulfide) groups is 1. The Morgan fingerprint density at radius 1 is 1.21 bits per heavy atom. The maximum absolute atomic E-state index is 5.68. The van der Waals surface area contributed by atoms with Crippen molar-refractivity contribution in [3.63, 3.8) is 0 Å². The average Bonchev–Trinajstić information content (AvgIpc) is 2.17. The fourth-order valence-corrected chi connectivity index (χ4v) is 1.98. The Balaban J connectivity index is 2.50. The number of rotatable bonds is 4. The normalized spacial score (nSPS) is 11.7. The van der Waals surface area contributed by atoms with Gasteiger partial charge in [-0.1, -0.05) is 31.5 Å². The van der Waals surface area contributed by atoms with Crippen LogP contribution in [0.25, 0.3) is 0 Å². The molecule has 1 aromatic rings. The average molecular weight is 209 g/mol. The van der Waals surface area contributed by atoms with Crippen molar-refractivity contribution in [2.24, 2.45) is 11.1 Å². The summed E-state index contributed by atoms with van der Waals surface area (Å²) in [7, 11) is 0. The minimum Gasteiger partial charge on any atom is -0.330 e. The van der Waals surface area contributed by atoms with Gasteiger partial charge in [-0.05, 0) is 31.0 Å². The van der Waals surface area contributed by atoms with Crippen LogP contribution in [0.4, 0.5) is 0 Å². The summed E-state index contributed by atoms with van der Waals surface area (Å²) in [5, 5.41) is 0. The molecule has 0 aliphatic rings. The van der Waals surface area contributed by atoms with E-state index in [2.05, 4.69) is 45.0 Å². The second kappa shape index (κ2) is 4.85.